The molecule has 2 heterocycles. The van der Waals surface area contributed by atoms with Gasteiger partial charge in [-0.15, -0.1) is 0 Å². The molecule has 2 nitrogen and oxygen atoms in total. The molecular weight excluding hydrogens is 460 g/mol. The van der Waals surface area contributed by atoms with Crippen molar-refractivity contribution < 1.29 is 14.9 Å². The van der Waals surface area contributed by atoms with Gasteiger partial charge in [-0.3, -0.25) is 0 Å². The average molecular weight is 484 g/mol. The van der Waals surface area contributed by atoms with Crippen LogP contribution in [0.3, 0.4) is 0 Å². The van der Waals surface area contributed by atoms with Gasteiger partial charge in [-0.2, -0.15) is 0 Å². The summed E-state index contributed by atoms with van der Waals surface area (Å²) in [6, 6.07) is 0. The minimum absolute atomic E-state index is 0. The van der Waals surface area contributed by atoms with Crippen molar-refractivity contribution in [2.45, 2.75) is 38.5 Å². The summed E-state index contributed by atoms with van der Waals surface area (Å²) in [6.45, 7) is 5.00. The Morgan fingerprint density at radius 1 is 0.588 bits per heavy atom. The van der Waals surface area contributed by atoms with Gasteiger partial charge in [-0.25, -0.2) is 0 Å². The predicted molar refractivity (Wildman–Crippen MR) is 86.1 cm³/mol. The summed E-state index contributed by atoms with van der Waals surface area (Å²) in [7, 11) is 8.75. The zero-order valence-corrected chi connectivity index (χ0v) is 16.5. The molecule has 0 aromatic heterocycles. The molecule has 2 saturated heterocycles. The van der Waals surface area contributed by atoms with Gasteiger partial charge >= 0.3 is 34.6 Å². The van der Waals surface area contributed by atoms with Crippen molar-refractivity contribution in [1.82, 2.24) is 10.6 Å². The van der Waals surface area contributed by atoms with E-state index in [0.29, 0.717) is 0 Å². The van der Waals surface area contributed by atoms with Crippen LogP contribution in [0.15, 0.2) is 0 Å². The summed E-state index contributed by atoms with van der Waals surface area (Å²) in [6.07, 6.45) is 8.43. The molecule has 0 atom stereocenters. The summed E-state index contributed by atoms with van der Waals surface area (Å²) in [5.41, 5.74) is 0. The van der Waals surface area contributed by atoms with Crippen LogP contribution in [0.1, 0.15) is 38.5 Å². The molecule has 0 amide bonds. The molecule has 0 bridgehead atoms. The summed E-state index contributed by atoms with van der Waals surface area (Å²) >= 11 is -0.583. The molecule has 106 valence electrons. The van der Waals surface area contributed by atoms with Crippen LogP contribution >= 0.6 is 19.6 Å². The zero-order valence-electron chi connectivity index (χ0n) is 10.2. The summed E-state index contributed by atoms with van der Waals surface area (Å²) in [5.74, 6) is 0. The fraction of sp³-hybridized carbons (Fsp3) is 1.00. The molecule has 2 rings (SSSR count). The molecule has 0 aliphatic carbocycles. The average Bonchev–Trinajstić information content (AvgIpc) is 2.35. The predicted octanol–water partition coefficient (Wildman–Crippen LogP) is 2.27. The molecule has 0 aromatic rings. The van der Waals surface area contributed by atoms with Crippen LogP contribution in [0.25, 0.3) is 0 Å². The molecule has 2 aliphatic heterocycles. The first-order valence-corrected chi connectivity index (χ1v) is 13.6. The third-order valence-electron chi connectivity index (χ3n) is 2.41. The third kappa shape index (κ3) is 23.3. The topological polar surface area (TPSA) is 24.1 Å². The molecular formula is C10H24N2S4W-2. The van der Waals surface area contributed by atoms with E-state index in [0.717, 1.165) is 0 Å². The van der Waals surface area contributed by atoms with Gasteiger partial charge in [0.15, 0.2) is 0 Å². The number of hydrogen-bond donors (Lipinski definition) is 2. The Labute approximate surface area is 136 Å². The minimum atomic E-state index is -0.583. The Hall–Kier alpha value is 1.75. The second-order valence-corrected chi connectivity index (χ2v) is 8.63. The van der Waals surface area contributed by atoms with Crippen molar-refractivity contribution in [1.29, 1.82) is 0 Å². The Balaban J connectivity index is -0.000000173. The van der Waals surface area contributed by atoms with Gasteiger partial charge in [-0.1, -0.05) is 12.8 Å². The first-order chi connectivity index (χ1) is 7.41. The van der Waals surface area contributed by atoms with Crippen molar-refractivity contribution in [3.8, 4) is 0 Å². The molecule has 2 aliphatic rings. The van der Waals surface area contributed by atoms with Crippen LogP contribution in [0.5, 0.6) is 0 Å². The van der Waals surface area contributed by atoms with Crippen molar-refractivity contribution in [3.63, 3.8) is 0 Å². The quantitative estimate of drug-likeness (QED) is 0.405. The maximum atomic E-state index is 4.38. The van der Waals surface area contributed by atoms with Crippen molar-refractivity contribution in [2.24, 2.45) is 0 Å². The van der Waals surface area contributed by atoms with Crippen LogP contribution in [0.4, 0.5) is 0 Å². The normalized spacial score (nSPS) is 17.6. The fourth-order valence-electron chi connectivity index (χ4n) is 1.60. The molecule has 2 N–H and O–H groups in total. The van der Waals surface area contributed by atoms with Gasteiger partial charge in [0.2, 0.25) is 0 Å². The standard InChI is InChI=1S/2C5H11N.2H2S.2S.W/c2*1-2-4-6-5-3-1;;;;;/h2*6H,1-5H2;2*1H2;;;/p-2. The molecule has 0 aromatic carbocycles. The van der Waals surface area contributed by atoms with E-state index in [4.69, 9.17) is 0 Å². The third-order valence-corrected chi connectivity index (χ3v) is 2.41. The van der Waals surface area contributed by atoms with E-state index in [1.807, 2.05) is 0 Å². The van der Waals surface area contributed by atoms with Gasteiger partial charge in [0.1, 0.15) is 0 Å². The van der Waals surface area contributed by atoms with E-state index in [1.54, 1.807) is 0 Å². The number of rotatable bonds is 0. The Bertz CT molecular complexity index is 123. The first kappa shape index (κ1) is 23.8. The van der Waals surface area contributed by atoms with Crippen LogP contribution in [0.2, 0.25) is 0 Å². The number of piperidine rings is 2. The van der Waals surface area contributed by atoms with E-state index in [-0.39, 0.29) is 27.0 Å². The van der Waals surface area contributed by atoms with E-state index in [2.05, 4.69) is 30.3 Å². The van der Waals surface area contributed by atoms with Crippen molar-refractivity contribution in [2.75, 3.05) is 26.2 Å². The summed E-state index contributed by atoms with van der Waals surface area (Å²) in [4.78, 5) is 0. The maximum absolute atomic E-state index is 4.38. The molecule has 0 unspecified atom stereocenters. The van der Waals surface area contributed by atoms with Gasteiger partial charge in [-0.05, 0) is 51.9 Å². The molecule has 2 fully saturated rings. The van der Waals surface area contributed by atoms with Gasteiger partial charge in [0.05, 0.1) is 0 Å². The number of nitrogens with one attached hydrogen (secondary N) is 2. The van der Waals surface area contributed by atoms with Crippen molar-refractivity contribution >= 4 is 46.6 Å². The Morgan fingerprint density at radius 2 is 0.824 bits per heavy atom. The molecule has 0 spiro atoms. The first-order valence-electron chi connectivity index (χ1n) is 5.75. The van der Waals surface area contributed by atoms with E-state index in [9.17, 15) is 0 Å². The molecule has 0 radical (unpaired) electrons. The van der Waals surface area contributed by atoms with E-state index in [1.165, 1.54) is 64.7 Å². The Morgan fingerprint density at radius 3 is 0.882 bits per heavy atom. The van der Waals surface area contributed by atoms with Crippen LogP contribution < -0.4 is 10.6 Å². The van der Waals surface area contributed by atoms with Gasteiger partial charge in [0.25, 0.3) is 0 Å². The number of thiol groups is 2. The van der Waals surface area contributed by atoms with E-state index < -0.39 is 14.9 Å². The molecule has 0 saturated carbocycles. The second-order valence-electron chi connectivity index (χ2n) is 3.69. The Kier molecular flexibility index (Phi) is 32.1. The van der Waals surface area contributed by atoms with Crippen LogP contribution in [-0.2, 0) is 41.9 Å². The van der Waals surface area contributed by atoms with Gasteiger partial charge in [0, 0.05) is 0 Å². The fourth-order valence-corrected chi connectivity index (χ4v) is 1.60. The van der Waals surface area contributed by atoms with Crippen LogP contribution in [-0.4, -0.2) is 26.2 Å². The summed E-state index contributed by atoms with van der Waals surface area (Å²) in [5, 5.41) is 6.57. The van der Waals surface area contributed by atoms with Crippen molar-refractivity contribution in [3.05, 3.63) is 0 Å². The second kappa shape index (κ2) is 22.9. The monoisotopic (exact) mass is 484 g/mol. The number of hydrogen-bond acceptors (Lipinski definition) is 6. The zero-order chi connectivity index (χ0) is 11.2. The summed E-state index contributed by atoms with van der Waals surface area (Å²) < 4.78 is 0. The van der Waals surface area contributed by atoms with Crippen LogP contribution in [0, 0.1) is 0 Å². The van der Waals surface area contributed by atoms with Gasteiger partial charge < -0.3 is 37.6 Å². The SMILES string of the molecule is C1CCNCC1.C1CCNCC1.[SH-].[SH-].[S]=[W]=[S]. The molecule has 17 heavy (non-hydrogen) atoms. The van der Waals surface area contributed by atoms with E-state index >= 15 is 0 Å². The molecule has 7 heteroatoms.